The highest BCUT2D eigenvalue weighted by atomic mass is 32.2. The molecular formula is C30H27N3O4S. The minimum absolute atomic E-state index is 0.184. The van der Waals surface area contributed by atoms with E-state index in [2.05, 4.69) is 9.97 Å². The summed E-state index contributed by atoms with van der Waals surface area (Å²) in [5, 5.41) is 11.3. The van der Waals surface area contributed by atoms with Gasteiger partial charge in [0.15, 0.2) is 5.65 Å². The van der Waals surface area contributed by atoms with E-state index in [9.17, 15) is 13.5 Å². The Kier molecular flexibility index (Phi) is 6.01. The van der Waals surface area contributed by atoms with Gasteiger partial charge in [0.2, 0.25) is 0 Å². The molecule has 3 aromatic heterocycles. The van der Waals surface area contributed by atoms with Gasteiger partial charge in [0.05, 0.1) is 18.1 Å². The molecule has 38 heavy (non-hydrogen) atoms. The van der Waals surface area contributed by atoms with Gasteiger partial charge in [-0.15, -0.1) is 0 Å². The minimum atomic E-state index is -3.92. The van der Waals surface area contributed by atoms with Crippen molar-refractivity contribution in [2.24, 2.45) is 5.92 Å². The zero-order valence-electron chi connectivity index (χ0n) is 21.1. The SMILES string of the molecule is COc1ccccc1-c1cn(S(=O)(=O)c2ccc(C)cc2)c2ncc(-c3cncc(C(O)C4CC4)c3)cc12. The first-order valence-corrected chi connectivity index (χ1v) is 13.9. The quantitative estimate of drug-likeness (QED) is 0.290. The molecule has 6 rings (SSSR count). The largest absolute Gasteiger partial charge is 0.496 e. The molecule has 0 bridgehead atoms. The van der Waals surface area contributed by atoms with Crippen molar-refractivity contribution < 1.29 is 18.3 Å². The van der Waals surface area contributed by atoms with E-state index in [-0.39, 0.29) is 10.8 Å². The van der Waals surface area contributed by atoms with Gasteiger partial charge in [-0.25, -0.2) is 17.4 Å². The lowest BCUT2D eigenvalue weighted by Crippen LogP contribution is -2.12. The maximum Gasteiger partial charge on any atom is 0.269 e. The van der Waals surface area contributed by atoms with Crippen LogP contribution in [0.5, 0.6) is 5.75 Å². The Morgan fingerprint density at radius 2 is 1.71 bits per heavy atom. The van der Waals surface area contributed by atoms with Gasteiger partial charge >= 0.3 is 0 Å². The number of hydrogen-bond acceptors (Lipinski definition) is 6. The van der Waals surface area contributed by atoms with E-state index in [1.54, 1.807) is 56.2 Å². The average Bonchev–Trinajstić information content (AvgIpc) is 3.72. The summed E-state index contributed by atoms with van der Waals surface area (Å²) in [7, 11) is -2.33. The summed E-state index contributed by atoms with van der Waals surface area (Å²) < 4.78 is 34.4. The molecule has 1 fully saturated rings. The van der Waals surface area contributed by atoms with Gasteiger partial charge in [0, 0.05) is 52.4 Å². The average molecular weight is 526 g/mol. The number of fused-ring (bicyclic) bond motifs is 1. The number of aliphatic hydroxyl groups is 1. The molecular weight excluding hydrogens is 498 g/mol. The predicted octanol–water partition coefficient (Wildman–Crippen LogP) is 5.76. The zero-order chi connectivity index (χ0) is 26.4. The summed E-state index contributed by atoms with van der Waals surface area (Å²) in [4.78, 5) is 9.19. The molecule has 192 valence electrons. The number of aliphatic hydroxyl groups excluding tert-OH is 1. The Labute approximate surface area is 221 Å². The molecule has 0 aliphatic heterocycles. The van der Waals surface area contributed by atoms with E-state index < -0.39 is 16.1 Å². The molecule has 7 nitrogen and oxygen atoms in total. The second kappa shape index (κ2) is 9.38. The van der Waals surface area contributed by atoms with E-state index in [0.29, 0.717) is 22.3 Å². The highest BCUT2D eigenvalue weighted by Crippen LogP contribution is 2.42. The van der Waals surface area contributed by atoms with Crippen molar-refractivity contribution in [3.8, 4) is 28.0 Å². The third kappa shape index (κ3) is 4.25. The lowest BCUT2D eigenvalue weighted by Gasteiger charge is -2.11. The number of aromatic nitrogens is 3. The van der Waals surface area contributed by atoms with Crippen LogP contribution < -0.4 is 4.74 Å². The lowest BCUT2D eigenvalue weighted by atomic mass is 10.0. The van der Waals surface area contributed by atoms with Crippen LogP contribution in [0.2, 0.25) is 0 Å². The first-order valence-electron chi connectivity index (χ1n) is 12.5. The van der Waals surface area contributed by atoms with Crippen LogP contribution in [0.3, 0.4) is 0 Å². The van der Waals surface area contributed by atoms with Crippen molar-refractivity contribution >= 4 is 21.1 Å². The Morgan fingerprint density at radius 1 is 0.974 bits per heavy atom. The number of pyridine rings is 2. The van der Waals surface area contributed by atoms with Crippen molar-refractivity contribution in [3.63, 3.8) is 0 Å². The number of rotatable bonds is 7. The molecule has 8 heteroatoms. The van der Waals surface area contributed by atoms with E-state index in [1.807, 2.05) is 43.3 Å². The Balaban J connectivity index is 1.55. The van der Waals surface area contributed by atoms with Gasteiger partial charge in [-0.3, -0.25) is 4.98 Å². The first kappa shape index (κ1) is 24.3. The monoisotopic (exact) mass is 525 g/mol. The third-order valence-electron chi connectivity index (χ3n) is 7.09. The zero-order valence-corrected chi connectivity index (χ0v) is 21.9. The molecule has 0 spiro atoms. The highest BCUT2D eigenvalue weighted by molar-refractivity contribution is 7.90. The molecule has 2 aromatic carbocycles. The molecule has 1 N–H and O–H groups in total. The van der Waals surface area contributed by atoms with Gasteiger partial charge in [0.25, 0.3) is 10.0 Å². The summed E-state index contributed by atoms with van der Waals surface area (Å²) in [5.41, 5.74) is 5.08. The lowest BCUT2D eigenvalue weighted by molar-refractivity contribution is 0.153. The van der Waals surface area contributed by atoms with Crippen LogP contribution >= 0.6 is 0 Å². The van der Waals surface area contributed by atoms with E-state index in [4.69, 9.17) is 4.74 Å². The molecule has 0 amide bonds. The fourth-order valence-electron chi connectivity index (χ4n) is 4.79. The molecule has 0 radical (unpaired) electrons. The van der Waals surface area contributed by atoms with Gasteiger partial charge in [0.1, 0.15) is 5.75 Å². The van der Waals surface area contributed by atoms with E-state index in [1.165, 1.54) is 3.97 Å². The fraction of sp³-hybridized carbons (Fsp3) is 0.200. The van der Waals surface area contributed by atoms with Crippen LogP contribution in [0.4, 0.5) is 0 Å². The van der Waals surface area contributed by atoms with E-state index >= 15 is 0 Å². The van der Waals surface area contributed by atoms with Crippen LogP contribution in [0.25, 0.3) is 33.3 Å². The number of methoxy groups -OCH3 is 1. The minimum Gasteiger partial charge on any atom is -0.496 e. The highest BCUT2D eigenvalue weighted by Gasteiger charge is 2.31. The van der Waals surface area contributed by atoms with Crippen LogP contribution in [-0.4, -0.2) is 34.6 Å². The molecule has 1 aliphatic rings. The summed E-state index contributed by atoms with van der Waals surface area (Å²) in [6, 6.07) is 18.1. The number of para-hydroxylation sites is 1. The summed E-state index contributed by atoms with van der Waals surface area (Å²) in [6.45, 7) is 1.91. The van der Waals surface area contributed by atoms with Gasteiger partial charge < -0.3 is 9.84 Å². The maximum absolute atomic E-state index is 13.8. The third-order valence-corrected chi connectivity index (χ3v) is 8.75. The molecule has 1 aliphatic carbocycles. The Bertz CT molecular complexity index is 1760. The number of aryl methyl sites for hydroxylation is 1. The second-order valence-electron chi connectivity index (χ2n) is 9.74. The Morgan fingerprint density at radius 3 is 2.45 bits per heavy atom. The predicted molar refractivity (Wildman–Crippen MR) is 146 cm³/mol. The van der Waals surface area contributed by atoms with Crippen molar-refractivity contribution in [1.82, 2.24) is 13.9 Å². The molecule has 3 heterocycles. The first-order chi connectivity index (χ1) is 18.4. The van der Waals surface area contributed by atoms with Crippen LogP contribution in [0.1, 0.15) is 30.1 Å². The van der Waals surface area contributed by atoms with Crippen molar-refractivity contribution in [3.05, 3.63) is 96.6 Å². The fourth-order valence-corrected chi connectivity index (χ4v) is 6.11. The van der Waals surface area contributed by atoms with Crippen LogP contribution in [0, 0.1) is 12.8 Å². The van der Waals surface area contributed by atoms with Crippen LogP contribution in [0.15, 0.2) is 90.3 Å². The second-order valence-corrected chi connectivity index (χ2v) is 11.6. The number of benzene rings is 2. The number of ether oxygens (including phenoxy) is 1. The van der Waals surface area contributed by atoms with Crippen molar-refractivity contribution in [2.45, 2.75) is 30.8 Å². The topological polar surface area (TPSA) is 94.3 Å². The van der Waals surface area contributed by atoms with Crippen LogP contribution in [-0.2, 0) is 10.0 Å². The molecule has 0 saturated heterocycles. The van der Waals surface area contributed by atoms with Crippen molar-refractivity contribution in [2.75, 3.05) is 7.11 Å². The molecule has 1 unspecified atom stereocenters. The van der Waals surface area contributed by atoms with Crippen molar-refractivity contribution in [1.29, 1.82) is 0 Å². The summed E-state index contributed by atoms with van der Waals surface area (Å²) in [6.07, 6.45) is 8.19. The normalized spacial score (nSPS) is 14.5. The Hall–Kier alpha value is -4.01. The number of nitrogens with zero attached hydrogens (tertiary/aromatic N) is 3. The molecule has 1 atom stereocenters. The summed E-state index contributed by atoms with van der Waals surface area (Å²) in [5.74, 6) is 0.909. The van der Waals surface area contributed by atoms with Gasteiger partial charge in [-0.1, -0.05) is 35.9 Å². The van der Waals surface area contributed by atoms with E-state index in [0.717, 1.165) is 40.7 Å². The van der Waals surface area contributed by atoms with Gasteiger partial charge in [-0.2, -0.15) is 0 Å². The molecule has 5 aromatic rings. The molecule has 1 saturated carbocycles. The maximum atomic E-state index is 13.8. The standard InChI is InChI=1S/C30H27N3O4S/c1-19-7-11-24(12-8-19)38(35,36)33-18-27(25-5-3-4-6-28(25)37-2)26-14-22(17-32-30(26)33)21-13-23(16-31-15-21)29(34)20-9-10-20/h3-8,11-18,20,29,34H,9-10H2,1-2H3. The number of hydrogen-bond donors (Lipinski definition) is 1. The smallest absolute Gasteiger partial charge is 0.269 e. The van der Waals surface area contributed by atoms with Gasteiger partial charge in [-0.05, 0) is 61.6 Å². The summed E-state index contributed by atoms with van der Waals surface area (Å²) >= 11 is 0.